The largest absolute Gasteiger partial charge is 0.330 e. The Balaban J connectivity index is 1.69. The molecule has 1 heteroatoms. The SMILES string of the molecule is NCCCC1C2CCCC12. The minimum atomic E-state index is 0.899. The minimum absolute atomic E-state index is 0.899. The molecule has 0 saturated heterocycles. The highest BCUT2D eigenvalue weighted by molar-refractivity contribution is 5.00. The van der Waals surface area contributed by atoms with Crippen LogP contribution in [0.2, 0.25) is 0 Å². The van der Waals surface area contributed by atoms with Gasteiger partial charge in [0.2, 0.25) is 0 Å². The highest BCUT2D eigenvalue weighted by Crippen LogP contribution is 2.59. The molecule has 2 atom stereocenters. The molecule has 2 N–H and O–H groups in total. The molecule has 58 valence electrons. The molecule has 2 unspecified atom stereocenters. The Hall–Kier alpha value is -0.0400. The molecule has 0 radical (unpaired) electrons. The van der Waals surface area contributed by atoms with Crippen LogP contribution in [0.1, 0.15) is 32.1 Å². The molecule has 0 aromatic carbocycles. The van der Waals surface area contributed by atoms with Gasteiger partial charge in [-0.25, -0.2) is 0 Å². The molecule has 2 aliphatic rings. The molecule has 0 aromatic heterocycles. The second-order valence-electron chi connectivity index (χ2n) is 3.85. The molecule has 2 fully saturated rings. The Labute approximate surface area is 63.0 Å². The van der Waals surface area contributed by atoms with Gasteiger partial charge < -0.3 is 5.73 Å². The molecule has 2 saturated carbocycles. The van der Waals surface area contributed by atoms with Crippen molar-refractivity contribution < 1.29 is 0 Å². The summed E-state index contributed by atoms with van der Waals surface area (Å²) in [4.78, 5) is 0. The van der Waals surface area contributed by atoms with E-state index in [1.54, 1.807) is 0 Å². The fraction of sp³-hybridized carbons (Fsp3) is 1.00. The van der Waals surface area contributed by atoms with Crippen molar-refractivity contribution in [1.82, 2.24) is 0 Å². The molecule has 0 heterocycles. The zero-order chi connectivity index (χ0) is 6.97. The lowest BCUT2D eigenvalue weighted by Gasteiger charge is -1.99. The van der Waals surface area contributed by atoms with E-state index in [1.807, 2.05) is 0 Å². The van der Waals surface area contributed by atoms with E-state index < -0.39 is 0 Å². The van der Waals surface area contributed by atoms with Crippen LogP contribution in [0.4, 0.5) is 0 Å². The van der Waals surface area contributed by atoms with Crippen LogP contribution in [0.3, 0.4) is 0 Å². The van der Waals surface area contributed by atoms with Crippen molar-refractivity contribution in [3.63, 3.8) is 0 Å². The molecule has 2 aliphatic carbocycles. The predicted octanol–water partition coefficient (Wildman–Crippen LogP) is 1.77. The Kier molecular flexibility index (Phi) is 1.69. The molecule has 0 spiro atoms. The number of fused-ring (bicyclic) bond motifs is 1. The van der Waals surface area contributed by atoms with E-state index in [0.29, 0.717) is 0 Å². The van der Waals surface area contributed by atoms with Crippen LogP contribution in [0, 0.1) is 17.8 Å². The fourth-order valence-corrected chi connectivity index (χ4v) is 2.75. The van der Waals surface area contributed by atoms with Gasteiger partial charge in [-0.05, 0) is 50.0 Å². The highest BCUT2D eigenvalue weighted by Gasteiger charge is 2.51. The van der Waals surface area contributed by atoms with Crippen molar-refractivity contribution in [1.29, 1.82) is 0 Å². The second-order valence-corrected chi connectivity index (χ2v) is 3.85. The minimum Gasteiger partial charge on any atom is -0.330 e. The number of hydrogen-bond donors (Lipinski definition) is 1. The Bertz CT molecular complexity index is 112. The summed E-state index contributed by atoms with van der Waals surface area (Å²) in [6.07, 6.45) is 7.25. The van der Waals surface area contributed by atoms with Gasteiger partial charge in [-0.1, -0.05) is 6.42 Å². The van der Waals surface area contributed by atoms with Gasteiger partial charge in [0.25, 0.3) is 0 Å². The molecule has 0 aliphatic heterocycles. The normalized spacial score (nSPS) is 43.5. The summed E-state index contributed by atoms with van der Waals surface area (Å²) in [6.45, 7) is 0.899. The van der Waals surface area contributed by atoms with E-state index in [4.69, 9.17) is 5.73 Å². The van der Waals surface area contributed by atoms with Crippen LogP contribution < -0.4 is 5.73 Å². The topological polar surface area (TPSA) is 26.0 Å². The summed E-state index contributed by atoms with van der Waals surface area (Å²) in [5, 5.41) is 0. The monoisotopic (exact) mass is 139 g/mol. The van der Waals surface area contributed by atoms with Gasteiger partial charge in [-0.2, -0.15) is 0 Å². The van der Waals surface area contributed by atoms with Crippen LogP contribution in [-0.4, -0.2) is 6.54 Å². The first-order chi connectivity index (χ1) is 4.93. The zero-order valence-corrected chi connectivity index (χ0v) is 6.55. The van der Waals surface area contributed by atoms with E-state index in [-0.39, 0.29) is 0 Å². The lowest BCUT2D eigenvalue weighted by atomic mass is 10.1. The van der Waals surface area contributed by atoms with Crippen molar-refractivity contribution in [2.45, 2.75) is 32.1 Å². The third-order valence-electron chi connectivity index (χ3n) is 3.33. The van der Waals surface area contributed by atoms with E-state index in [9.17, 15) is 0 Å². The van der Waals surface area contributed by atoms with Crippen molar-refractivity contribution in [2.24, 2.45) is 23.5 Å². The van der Waals surface area contributed by atoms with Crippen LogP contribution in [0.5, 0.6) is 0 Å². The van der Waals surface area contributed by atoms with E-state index in [2.05, 4.69) is 0 Å². The van der Waals surface area contributed by atoms with Gasteiger partial charge in [-0.15, -0.1) is 0 Å². The molecule has 1 nitrogen and oxygen atoms in total. The van der Waals surface area contributed by atoms with Gasteiger partial charge >= 0.3 is 0 Å². The number of nitrogens with two attached hydrogens (primary N) is 1. The quantitative estimate of drug-likeness (QED) is 0.633. The standard InChI is InChI=1S/C9H17N/c10-6-2-5-9-7-3-1-4-8(7)9/h7-9H,1-6,10H2. The average molecular weight is 139 g/mol. The summed E-state index contributed by atoms with van der Waals surface area (Å²) < 4.78 is 0. The Morgan fingerprint density at radius 2 is 1.90 bits per heavy atom. The molecule has 2 rings (SSSR count). The molecular formula is C9H17N. The lowest BCUT2D eigenvalue weighted by molar-refractivity contribution is 0.537. The van der Waals surface area contributed by atoms with Gasteiger partial charge in [-0.3, -0.25) is 0 Å². The van der Waals surface area contributed by atoms with E-state index >= 15 is 0 Å². The van der Waals surface area contributed by atoms with Gasteiger partial charge in [0.05, 0.1) is 0 Å². The first kappa shape index (κ1) is 6.66. The zero-order valence-electron chi connectivity index (χ0n) is 6.55. The van der Waals surface area contributed by atoms with Crippen LogP contribution >= 0.6 is 0 Å². The summed E-state index contributed by atoms with van der Waals surface area (Å²) in [7, 11) is 0. The summed E-state index contributed by atoms with van der Waals surface area (Å²) in [6, 6.07) is 0. The maximum Gasteiger partial charge on any atom is -0.00772 e. The Morgan fingerprint density at radius 3 is 2.50 bits per heavy atom. The number of rotatable bonds is 3. The maximum absolute atomic E-state index is 5.45. The summed E-state index contributed by atoms with van der Waals surface area (Å²) in [5.74, 6) is 3.40. The van der Waals surface area contributed by atoms with E-state index in [1.165, 1.54) is 32.1 Å². The molecular weight excluding hydrogens is 122 g/mol. The first-order valence-corrected chi connectivity index (χ1v) is 4.63. The third-order valence-corrected chi connectivity index (χ3v) is 3.33. The van der Waals surface area contributed by atoms with Crippen molar-refractivity contribution in [2.75, 3.05) is 6.54 Å². The smallest absolute Gasteiger partial charge is 0.00772 e. The summed E-state index contributed by atoms with van der Waals surface area (Å²) in [5.41, 5.74) is 5.45. The average Bonchev–Trinajstić information content (AvgIpc) is 2.46. The summed E-state index contributed by atoms with van der Waals surface area (Å²) >= 11 is 0. The molecule has 0 bridgehead atoms. The fourth-order valence-electron chi connectivity index (χ4n) is 2.75. The van der Waals surface area contributed by atoms with E-state index in [0.717, 1.165) is 24.3 Å². The van der Waals surface area contributed by atoms with Crippen molar-refractivity contribution in [3.05, 3.63) is 0 Å². The van der Waals surface area contributed by atoms with Crippen molar-refractivity contribution in [3.8, 4) is 0 Å². The van der Waals surface area contributed by atoms with Crippen LogP contribution in [0.25, 0.3) is 0 Å². The van der Waals surface area contributed by atoms with Gasteiger partial charge in [0.1, 0.15) is 0 Å². The van der Waals surface area contributed by atoms with Gasteiger partial charge in [0, 0.05) is 0 Å². The second kappa shape index (κ2) is 2.54. The van der Waals surface area contributed by atoms with Crippen molar-refractivity contribution >= 4 is 0 Å². The first-order valence-electron chi connectivity index (χ1n) is 4.63. The Morgan fingerprint density at radius 1 is 1.20 bits per heavy atom. The van der Waals surface area contributed by atoms with Crippen LogP contribution in [-0.2, 0) is 0 Å². The third kappa shape index (κ3) is 0.968. The highest BCUT2D eigenvalue weighted by atomic mass is 14.6. The maximum atomic E-state index is 5.45. The number of hydrogen-bond acceptors (Lipinski definition) is 1. The molecule has 0 amide bonds. The van der Waals surface area contributed by atoms with Gasteiger partial charge in [0.15, 0.2) is 0 Å². The van der Waals surface area contributed by atoms with Crippen LogP contribution in [0.15, 0.2) is 0 Å². The predicted molar refractivity (Wildman–Crippen MR) is 42.6 cm³/mol. The molecule has 10 heavy (non-hydrogen) atoms. The lowest BCUT2D eigenvalue weighted by Crippen LogP contribution is -1.99. The molecule has 0 aromatic rings.